The number of hydrogen-bond donors (Lipinski definition) is 2. The molecule has 2 unspecified atom stereocenters. The number of halogens is 3. The molecule has 1 aromatic carbocycles. The zero-order valence-electron chi connectivity index (χ0n) is 13.3. The van der Waals surface area contributed by atoms with Gasteiger partial charge in [0.25, 0.3) is 0 Å². The van der Waals surface area contributed by atoms with Crippen LogP contribution in [-0.2, 0) is 10.0 Å². The zero-order valence-corrected chi connectivity index (χ0v) is 14.1. The van der Waals surface area contributed by atoms with Gasteiger partial charge >= 0.3 is 6.36 Å². The van der Waals surface area contributed by atoms with E-state index in [9.17, 15) is 21.6 Å². The summed E-state index contributed by atoms with van der Waals surface area (Å²) in [6.45, 7) is 1.97. The summed E-state index contributed by atoms with van der Waals surface area (Å²) in [5, 5.41) is 0. The largest absolute Gasteiger partial charge is 0.573 e. The minimum atomic E-state index is -4.98. The number of sulfonamides is 1. The van der Waals surface area contributed by atoms with E-state index in [2.05, 4.69) is 9.46 Å². The number of benzene rings is 1. The van der Waals surface area contributed by atoms with Crippen molar-refractivity contribution in [3.05, 3.63) is 24.3 Å². The van der Waals surface area contributed by atoms with Gasteiger partial charge in [0, 0.05) is 12.1 Å². The van der Waals surface area contributed by atoms with Gasteiger partial charge in [0.15, 0.2) is 0 Å². The topological polar surface area (TPSA) is 81.4 Å². The number of rotatable bonds is 5. The van der Waals surface area contributed by atoms with E-state index in [1.54, 1.807) is 0 Å². The highest BCUT2D eigenvalue weighted by Gasteiger charge is 2.42. The monoisotopic (exact) mass is 366 g/mol. The highest BCUT2D eigenvalue weighted by molar-refractivity contribution is 7.89. The SMILES string of the molecule is CC1CCCCC1(CN)NS(=O)(=O)c1ccccc1OC(F)(F)F. The first kappa shape index (κ1) is 19.0. The van der Waals surface area contributed by atoms with Crippen LogP contribution in [0.1, 0.15) is 32.6 Å². The third-order valence-electron chi connectivity index (χ3n) is 4.52. The minimum Gasteiger partial charge on any atom is -0.404 e. The molecule has 24 heavy (non-hydrogen) atoms. The first-order valence-corrected chi connectivity index (χ1v) is 9.17. The molecule has 2 atom stereocenters. The molecule has 0 bridgehead atoms. The predicted octanol–water partition coefficient (Wildman–Crippen LogP) is 2.77. The summed E-state index contributed by atoms with van der Waals surface area (Å²) in [6, 6.07) is 4.68. The van der Waals surface area contributed by atoms with Crippen molar-refractivity contribution >= 4 is 10.0 Å². The van der Waals surface area contributed by atoms with Crippen LogP contribution in [0.2, 0.25) is 0 Å². The van der Waals surface area contributed by atoms with E-state index >= 15 is 0 Å². The van der Waals surface area contributed by atoms with Gasteiger partial charge in [-0.15, -0.1) is 13.2 Å². The van der Waals surface area contributed by atoms with Crippen LogP contribution >= 0.6 is 0 Å². The lowest BCUT2D eigenvalue weighted by molar-refractivity contribution is -0.275. The van der Waals surface area contributed by atoms with Crippen LogP contribution in [0.3, 0.4) is 0 Å². The molecule has 0 aliphatic heterocycles. The molecular formula is C15H21F3N2O3S. The Morgan fingerprint density at radius 3 is 2.58 bits per heavy atom. The Bertz CT molecular complexity index is 679. The van der Waals surface area contributed by atoms with E-state index in [0.29, 0.717) is 6.42 Å². The number of para-hydroxylation sites is 1. The molecular weight excluding hydrogens is 345 g/mol. The summed E-state index contributed by atoms with van der Waals surface area (Å²) in [7, 11) is -4.22. The van der Waals surface area contributed by atoms with Crippen molar-refractivity contribution in [1.82, 2.24) is 4.72 Å². The van der Waals surface area contributed by atoms with E-state index in [0.717, 1.165) is 31.4 Å². The van der Waals surface area contributed by atoms with E-state index in [1.165, 1.54) is 12.1 Å². The van der Waals surface area contributed by atoms with Crippen LogP contribution in [0.4, 0.5) is 13.2 Å². The third kappa shape index (κ3) is 4.20. The first-order valence-electron chi connectivity index (χ1n) is 7.68. The molecule has 9 heteroatoms. The molecule has 0 aromatic heterocycles. The predicted molar refractivity (Wildman–Crippen MR) is 82.9 cm³/mol. The van der Waals surface area contributed by atoms with Gasteiger partial charge < -0.3 is 10.5 Å². The second-order valence-electron chi connectivity index (χ2n) is 6.11. The fourth-order valence-corrected chi connectivity index (χ4v) is 4.78. The standard InChI is InChI=1S/C15H21F3N2O3S/c1-11-6-4-5-9-14(11,10-19)20-24(21,22)13-8-3-2-7-12(13)23-15(16,17)18/h2-3,7-8,11,20H,4-6,9-10,19H2,1H3. The Labute approximate surface area is 139 Å². The van der Waals surface area contributed by atoms with Crippen LogP contribution in [0.15, 0.2) is 29.2 Å². The van der Waals surface area contributed by atoms with Crippen molar-refractivity contribution < 1.29 is 26.3 Å². The quantitative estimate of drug-likeness (QED) is 0.840. The van der Waals surface area contributed by atoms with Crippen LogP contribution in [0.25, 0.3) is 0 Å². The molecule has 136 valence electrons. The lowest BCUT2D eigenvalue weighted by Crippen LogP contribution is -2.58. The molecule has 0 spiro atoms. The number of alkyl halides is 3. The average molecular weight is 366 g/mol. The van der Waals surface area contributed by atoms with Gasteiger partial charge in [-0.2, -0.15) is 0 Å². The normalized spacial score (nSPS) is 25.5. The summed E-state index contributed by atoms with van der Waals surface area (Å²) in [4.78, 5) is -0.548. The number of hydrogen-bond acceptors (Lipinski definition) is 4. The van der Waals surface area contributed by atoms with Gasteiger partial charge in [-0.1, -0.05) is 31.9 Å². The maximum absolute atomic E-state index is 12.7. The van der Waals surface area contributed by atoms with Gasteiger partial charge in [0.1, 0.15) is 10.6 Å². The third-order valence-corrected chi connectivity index (χ3v) is 6.11. The molecule has 0 amide bonds. The Morgan fingerprint density at radius 2 is 2.00 bits per heavy atom. The molecule has 2 rings (SSSR count). The van der Waals surface area contributed by atoms with E-state index in [4.69, 9.17) is 5.73 Å². The highest BCUT2D eigenvalue weighted by Crippen LogP contribution is 2.36. The Morgan fingerprint density at radius 1 is 1.33 bits per heavy atom. The number of nitrogens with two attached hydrogens (primary N) is 1. The summed E-state index contributed by atoms with van der Waals surface area (Å²) in [5.41, 5.74) is 4.96. The molecule has 0 heterocycles. The van der Waals surface area contributed by atoms with Gasteiger partial charge in [-0.25, -0.2) is 13.1 Å². The van der Waals surface area contributed by atoms with E-state index < -0.39 is 32.6 Å². The highest BCUT2D eigenvalue weighted by atomic mass is 32.2. The maximum atomic E-state index is 12.7. The van der Waals surface area contributed by atoms with Crippen LogP contribution < -0.4 is 15.2 Å². The molecule has 1 aliphatic carbocycles. The summed E-state index contributed by atoms with van der Waals surface area (Å²) in [5.74, 6) is -0.769. The van der Waals surface area contributed by atoms with Crippen molar-refractivity contribution in [2.75, 3.05) is 6.54 Å². The van der Waals surface area contributed by atoms with Crippen LogP contribution in [0, 0.1) is 5.92 Å². The van der Waals surface area contributed by atoms with E-state index in [1.807, 2.05) is 6.92 Å². The van der Waals surface area contributed by atoms with Gasteiger partial charge in [0.05, 0.1) is 0 Å². The molecule has 1 aliphatic rings. The van der Waals surface area contributed by atoms with Crippen LogP contribution in [-0.4, -0.2) is 26.9 Å². The summed E-state index contributed by atoms with van der Waals surface area (Å²) < 4.78 is 69.4. The molecule has 0 saturated heterocycles. The maximum Gasteiger partial charge on any atom is 0.573 e. The first-order chi connectivity index (χ1) is 11.1. The van der Waals surface area contributed by atoms with Gasteiger partial charge in [0.2, 0.25) is 10.0 Å². The van der Waals surface area contributed by atoms with Gasteiger partial charge in [-0.3, -0.25) is 0 Å². The molecule has 0 radical (unpaired) electrons. The lowest BCUT2D eigenvalue weighted by atomic mass is 9.74. The summed E-state index contributed by atoms with van der Waals surface area (Å²) in [6.07, 6.45) is -1.84. The summed E-state index contributed by atoms with van der Waals surface area (Å²) >= 11 is 0. The van der Waals surface area contributed by atoms with Crippen molar-refractivity contribution in [1.29, 1.82) is 0 Å². The average Bonchev–Trinajstić information content (AvgIpc) is 2.48. The van der Waals surface area contributed by atoms with Crippen molar-refractivity contribution in [2.24, 2.45) is 11.7 Å². The second kappa shape index (κ2) is 6.89. The molecule has 5 nitrogen and oxygen atoms in total. The van der Waals surface area contributed by atoms with E-state index in [-0.39, 0.29) is 12.5 Å². The van der Waals surface area contributed by atoms with Crippen molar-refractivity contribution in [3.63, 3.8) is 0 Å². The van der Waals surface area contributed by atoms with Gasteiger partial charge in [-0.05, 0) is 30.9 Å². The molecule has 3 N–H and O–H groups in total. The van der Waals surface area contributed by atoms with Crippen molar-refractivity contribution in [3.8, 4) is 5.75 Å². The molecule has 1 fully saturated rings. The zero-order chi connectivity index (χ0) is 18.0. The fraction of sp³-hybridized carbons (Fsp3) is 0.600. The molecule has 1 saturated carbocycles. The van der Waals surface area contributed by atoms with Crippen molar-refractivity contribution in [2.45, 2.75) is 49.4 Å². The number of nitrogens with one attached hydrogen (secondary N) is 1. The smallest absolute Gasteiger partial charge is 0.404 e. The number of ether oxygens (including phenoxy) is 1. The Hall–Kier alpha value is -1.32. The minimum absolute atomic E-state index is 0.0123. The fourth-order valence-electron chi connectivity index (χ4n) is 3.11. The molecule has 1 aromatic rings. The second-order valence-corrected chi connectivity index (χ2v) is 7.76. The van der Waals surface area contributed by atoms with Crippen LogP contribution in [0.5, 0.6) is 5.75 Å². The Kier molecular flexibility index (Phi) is 5.46. The lowest BCUT2D eigenvalue weighted by Gasteiger charge is -2.42. The Balaban J connectivity index is 2.37.